The number of hydrogen-bond donors (Lipinski definition) is 2. The summed E-state index contributed by atoms with van der Waals surface area (Å²) in [6.45, 7) is 5.47. The van der Waals surface area contributed by atoms with E-state index in [4.69, 9.17) is 4.74 Å². The molecule has 0 aromatic carbocycles. The highest BCUT2D eigenvalue weighted by molar-refractivity contribution is 5.81. The fourth-order valence-electron chi connectivity index (χ4n) is 3.06. The highest BCUT2D eigenvalue weighted by Gasteiger charge is 2.31. The lowest BCUT2D eigenvalue weighted by atomic mass is 9.78. The molecule has 1 amide bonds. The predicted octanol–water partition coefficient (Wildman–Crippen LogP) is 0.917. The first-order valence-electron chi connectivity index (χ1n) is 6.90. The highest BCUT2D eigenvalue weighted by Crippen LogP contribution is 2.31. The van der Waals surface area contributed by atoms with Gasteiger partial charge >= 0.3 is 0 Å². The van der Waals surface area contributed by atoms with Crippen LogP contribution in [0.5, 0.6) is 0 Å². The van der Waals surface area contributed by atoms with Crippen LogP contribution in [0.4, 0.5) is 0 Å². The molecule has 0 saturated carbocycles. The number of piperidine rings is 1. The van der Waals surface area contributed by atoms with E-state index in [2.05, 4.69) is 10.6 Å². The van der Waals surface area contributed by atoms with Crippen molar-refractivity contribution in [3.63, 3.8) is 0 Å². The summed E-state index contributed by atoms with van der Waals surface area (Å²) < 4.78 is 5.41. The van der Waals surface area contributed by atoms with Crippen molar-refractivity contribution in [2.24, 2.45) is 11.8 Å². The quantitative estimate of drug-likeness (QED) is 0.771. The third-order valence-corrected chi connectivity index (χ3v) is 4.04. The van der Waals surface area contributed by atoms with Crippen LogP contribution in [0.3, 0.4) is 0 Å². The molecular weight excluding hydrogens is 216 g/mol. The summed E-state index contributed by atoms with van der Waals surface area (Å²) in [5.41, 5.74) is 0. The van der Waals surface area contributed by atoms with Crippen molar-refractivity contribution in [3.05, 3.63) is 0 Å². The molecule has 2 N–H and O–H groups in total. The van der Waals surface area contributed by atoms with E-state index < -0.39 is 0 Å². The number of carbonyl (C=O) groups is 1. The molecule has 98 valence electrons. The molecule has 17 heavy (non-hydrogen) atoms. The van der Waals surface area contributed by atoms with Crippen molar-refractivity contribution in [2.75, 3.05) is 26.3 Å². The van der Waals surface area contributed by atoms with Crippen molar-refractivity contribution in [1.29, 1.82) is 0 Å². The summed E-state index contributed by atoms with van der Waals surface area (Å²) in [7, 11) is 0. The monoisotopic (exact) mass is 240 g/mol. The fraction of sp³-hybridized carbons (Fsp3) is 0.923. The average molecular weight is 240 g/mol. The Bertz CT molecular complexity index is 252. The summed E-state index contributed by atoms with van der Waals surface area (Å²) in [4.78, 5) is 11.8. The van der Waals surface area contributed by atoms with E-state index in [0.29, 0.717) is 5.92 Å². The van der Waals surface area contributed by atoms with E-state index in [1.807, 2.05) is 6.92 Å². The van der Waals surface area contributed by atoms with Gasteiger partial charge in [-0.2, -0.15) is 0 Å². The maximum absolute atomic E-state index is 11.8. The second kappa shape index (κ2) is 6.36. The van der Waals surface area contributed by atoms with Gasteiger partial charge in [-0.15, -0.1) is 0 Å². The zero-order chi connectivity index (χ0) is 12.1. The van der Waals surface area contributed by atoms with E-state index in [9.17, 15) is 4.79 Å². The third-order valence-electron chi connectivity index (χ3n) is 4.04. The van der Waals surface area contributed by atoms with Crippen LogP contribution >= 0.6 is 0 Å². The van der Waals surface area contributed by atoms with E-state index >= 15 is 0 Å². The molecule has 2 unspecified atom stereocenters. The number of nitrogens with one attached hydrogen (secondary N) is 2. The minimum Gasteiger partial charge on any atom is -0.381 e. The van der Waals surface area contributed by atoms with E-state index in [1.165, 1.54) is 19.3 Å². The predicted molar refractivity (Wildman–Crippen MR) is 66.7 cm³/mol. The molecule has 2 aliphatic heterocycles. The second-order valence-corrected chi connectivity index (χ2v) is 5.14. The minimum absolute atomic E-state index is 0.0246. The summed E-state index contributed by atoms with van der Waals surface area (Å²) in [5.74, 6) is 1.64. The molecule has 2 fully saturated rings. The molecule has 0 radical (unpaired) electrons. The van der Waals surface area contributed by atoms with Crippen LogP contribution in [0.2, 0.25) is 0 Å². The van der Waals surface area contributed by atoms with Crippen molar-refractivity contribution >= 4 is 5.91 Å². The molecule has 0 aromatic heterocycles. The van der Waals surface area contributed by atoms with Crippen LogP contribution in [-0.2, 0) is 9.53 Å². The first-order valence-corrected chi connectivity index (χ1v) is 6.90. The Labute approximate surface area is 103 Å². The molecule has 0 spiro atoms. The Morgan fingerprint density at radius 1 is 1.29 bits per heavy atom. The standard InChI is InChI=1S/C13H24N2O2/c1-2-14-13(16)12-9-11(3-6-15-12)10-4-7-17-8-5-10/h10-12,15H,2-9H2,1H3,(H,14,16). The molecule has 2 heterocycles. The smallest absolute Gasteiger partial charge is 0.237 e. The molecule has 2 aliphatic rings. The summed E-state index contributed by atoms with van der Waals surface area (Å²) >= 11 is 0. The number of hydrogen-bond acceptors (Lipinski definition) is 3. The lowest BCUT2D eigenvalue weighted by Crippen LogP contribution is -2.50. The van der Waals surface area contributed by atoms with Crippen molar-refractivity contribution in [1.82, 2.24) is 10.6 Å². The molecule has 2 atom stereocenters. The van der Waals surface area contributed by atoms with E-state index in [0.717, 1.165) is 38.6 Å². The number of amides is 1. The number of carbonyl (C=O) groups excluding carboxylic acids is 1. The molecule has 4 heteroatoms. The van der Waals surface area contributed by atoms with Crippen molar-refractivity contribution in [2.45, 2.75) is 38.6 Å². The average Bonchev–Trinajstić information content (AvgIpc) is 2.40. The fourth-order valence-corrected chi connectivity index (χ4v) is 3.06. The molecule has 2 rings (SSSR count). The normalized spacial score (nSPS) is 31.1. The largest absolute Gasteiger partial charge is 0.381 e. The minimum atomic E-state index is 0.0246. The van der Waals surface area contributed by atoms with Gasteiger partial charge in [0.25, 0.3) is 0 Å². The number of ether oxygens (including phenoxy) is 1. The molecule has 0 aromatic rings. The van der Waals surface area contributed by atoms with Gasteiger partial charge in [0.2, 0.25) is 5.91 Å². The van der Waals surface area contributed by atoms with Gasteiger partial charge < -0.3 is 15.4 Å². The van der Waals surface area contributed by atoms with Crippen LogP contribution in [0, 0.1) is 11.8 Å². The maximum Gasteiger partial charge on any atom is 0.237 e. The van der Waals surface area contributed by atoms with Gasteiger partial charge in [0.1, 0.15) is 0 Å². The summed E-state index contributed by atoms with van der Waals surface area (Å²) in [6.07, 6.45) is 4.55. The molecule has 0 aliphatic carbocycles. The molecule has 0 bridgehead atoms. The van der Waals surface area contributed by atoms with Crippen LogP contribution in [0.25, 0.3) is 0 Å². The van der Waals surface area contributed by atoms with Gasteiger partial charge in [0, 0.05) is 19.8 Å². The number of likely N-dealkylation sites (N-methyl/N-ethyl adjacent to an activating group) is 1. The van der Waals surface area contributed by atoms with Gasteiger partial charge in [-0.3, -0.25) is 4.79 Å². The van der Waals surface area contributed by atoms with Gasteiger partial charge in [-0.25, -0.2) is 0 Å². The summed E-state index contributed by atoms with van der Waals surface area (Å²) in [6, 6.07) is 0.0246. The third kappa shape index (κ3) is 3.42. The first kappa shape index (κ1) is 12.8. The van der Waals surface area contributed by atoms with Gasteiger partial charge in [-0.1, -0.05) is 0 Å². The van der Waals surface area contributed by atoms with Crippen LogP contribution in [-0.4, -0.2) is 38.3 Å². The van der Waals surface area contributed by atoms with Crippen LogP contribution < -0.4 is 10.6 Å². The maximum atomic E-state index is 11.8. The first-order chi connectivity index (χ1) is 8.31. The molecule has 4 nitrogen and oxygen atoms in total. The van der Waals surface area contributed by atoms with E-state index in [-0.39, 0.29) is 11.9 Å². The zero-order valence-electron chi connectivity index (χ0n) is 10.7. The van der Waals surface area contributed by atoms with Crippen molar-refractivity contribution in [3.8, 4) is 0 Å². The van der Waals surface area contributed by atoms with Crippen LogP contribution in [0.1, 0.15) is 32.6 Å². The summed E-state index contributed by atoms with van der Waals surface area (Å²) in [5, 5.41) is 6.24. The van der Waals surface area contributed by atoms with Gasteiger partial charge in [0.15, 0.2) is 0 Å². The molecular formula is C13H24N2O2. The highest BCUT2D eigenvalue weighted by atomic mass is 16.5. The Hall–Kier alpha value is -0.610. The zero-order valence-corrected chi connectivity index (χ0v) is 10.7. The van der Waals surface area contributed by atoms with Crippen LogP contribution in [0.15, 0.2) is 0 Å². The van der Waals surface area contributed by atoms with Gasteiger partial charge in [0.05, 0.1) is 6.04 Å². The lowest BCUT2D eigenvalue weighted by molar-refractivity contribution is -0.124. The topological polar surface area (TPSA) is 50.4 Å². The van der Waals surface area contributed by atoms with Crippen molar-refractivity contribution < 1.29 is 9.53 Å². The second-order valence-electron chi connectivity index (χ2n) is 5.14. The molecule has 2 saturated heterocycles. The lowest BCUT2D eigenvalue weighted by Gasteiger charge is -2.36. The van der Waals surface area contributed by atoms with E-state index in [1.54, 1.807) is 0 Å². The van der Waals surface area contributed by atoms with Gasteiger partial charge in [-0.05, 0) is 51.0 Å². The Morgan fingerprint density at radius 3 is 2.76 bits per heavy atom. The Kier molecular flexibility index (Phi) is 4.80. The SMILES string of the molecule is CCNC(=O)C1CC(C2CCOCC2)CCN1. The number of rotatable bonds is 3. The Morgan fingerprint density at radius 2 is 2.06 bits per heavy atom. The Balaban J connectivity index is 1.85.